The van der Waals surface area contributed by atoms with Crippen molar-refractivity contribution >= 4 is 29.8 Å². The monoisotopic (exact) mass is 504 g/mol. The first-order valence-electron chi connectivity index (χ1n) is 12.0. The van der Waals surface area contributed by atoms with E-state index in [1.807, 2.05) is 6.07 Å². The van der Waals surface area contributed by atoms with Gasteiger partial charge in [-0.1, -0.05) is 30.3 Å². The molecule has 2 rings (SSSR count). The highest BCUT2D eigenvalue weighted by Crippen LogP contribution is 2.21. The van der Waals surface area contributed by atoms with Crippen LogP contribution in [0.25, 0.3) is 0 Å². The number of amides is 4. The highest BCUT2D eigenvalue weighted by atomic mass is 16.6. The lowest BCUT2D eigenvalue weighted by Gasteiger charge is -2.28. The molecule has 0 bridgehead atoms. The van der Waals surface area contributed by atoms with Crippen LogP contribution < -0.4 is 16.4 Å². The Labute approximate surface area is 211 Å². The molecule has 3 atom stereocenters. The van der Waals surface area contributed by atoms with Gasteiger partial charge in [-0.2, -0.15) is 0 Å². The van der Waals surface area contributed by atoms with Crippen LogP contribution in [0, 0.1) is 0 Å². The van der Waals surface area contributed by atoms with Crippen molar-refractivity contribution in [2.75, 3.05) is 6.54 Å². The van der Waals surface area contributed by atoms with Gasteiger partial charge in [0.2, 0.25) is 17.7 Å². The number of nitrogens with two attached hydrogens (primary N) is 1. The minimum absolute atomic E-state index is 0.00289. The van der Waals surface area contributed by atoms with Crippen molar-refractivity contribution < 1.29 is 33.4 Å². The van der Waals surface area contributed by atoms with E-state index in [9.17, 15) is 24.0 Å². The third kappa shape index (κ3) is 9.20. The Bertz CT molecular complexity index is 945. The molecule has 1 fully saturated rings. The molecule has 0 radical (unpaired) electrons. The highest BCUT2D eigenvalue weighted by molar-refractivity contribution is 5.93. The van der Waals surface area contributed by atoms with Crippen molar-refractivity contribution in [3.63, 3.8) is 0 Å². The van der Waals surface area contributed by atoms with Gasteiger partial charge in [-0.3, -0.25) is 19.3 Å². The maximum absolute atomic E-state index is 12.8. The summed E-state index contributed by atoms with van der Waals surface area (Å²) in [7, 11) is 0. The van der Waals surface area contributed by atoms with Crippen molar-refractivity contribution in [1.29, 1.82) is 0 Å². The number of benzene rings is 1. The zero-order valence-corrected chi connectivity index (χ0v) is 21.2. The summed E-state index contributed by atoms with van der Waals surface area (Å²) in [6.07, 6.45) is 0.279. The molecule has 0 saturated carbocycles. The predicted octanol–water partition coefficient (Wildman–Crippen LogP) is 1.38. The van der Waals surface area contributed by atoms with E-state index in [0.29, 0.717) is 19.4 Å². The topological polar surface area (TPSA) is 157 Å². The lowest BCUT2D eigenvalue weighted by molar-refractivity contribution is -0.149. The average molecular weight is 505 g/mol. The van der Waals surface area contributed by atoms with Crippen LogP contribution in [0.3, 0.4) is 0 Å². The van der Waals surface area contributed by atoms with Crippen LogP contribution in [0.1, 0.15) is 58.9 Å². The van der Waals surface area contributed by atoms with Crippen molar-refractivity contribution in [2.24, 2.45) is 5.73 Å². The molecule has 11 nitrogen and oxygen atoms in total. The number of esters is 1. The number of nitrogens with zero attached hydrogens (tertiary/aromatic N) is 1. The fourth-order valence-corrected chi connectivity index (χ4v) is 3.62. The van der Waals surface area contributed by atoms with Crippen LogP contribution in [-0.4, -0.2) is 65.0 Å². The third-order valence-corrected chi connectivity index (χ3v) is 5.44. The molecule has 1 heterocycles. The van der Waals surface area contributed by atoms with Crippen LogP contribution in [0.15, 0.2) is 30.3 Å². The number of carbonyl (C=O) groups excluding carboxylic acids is 5. The fraction of sp³-hybridized carbons (Fsp3) is 0.560. The predicted molar refractivity (Wildman–Crippen MR) is 130 cm³/mol. The zero-order valence-electron chi connectivity index (χ0n) is 21.2. The molecule has 0 spiro atoms. The number of primary amides is 1. The SMILES string of the molecule is C[C@H](NC(=O)[C@@H]1CCCN1C(=O)OC(C)(C)C)C(=O)N[C@@H](CCC(N)=O)C(=O)OCc1ccccc1. The molecular weight excluding hydrogens is 468 g/mol. The van der Waals surface area contributed by atoms with Crippen molar-refractivity contribution in [3.05, 3.63) is 35.9 Å². The third-order valence-electron chi connectivity index (χ3n) is 5.44. The van der Waals surface area contributed by atoms with Gasteiger partial charge < -0.3 is 25.8 Å². The van der Waals surface area contributed by atoms with Crippen LogP contribution in [0.4, 0.5) is 4.79 Å². The maximum Gasteiger partial charge on any atom is 0.410 e. The first-order chi connectivity index (χ1) is 16.9. The summed E-state index contributed by atoms with van der Waals surface area (Å²) in [5.74, 6) is -2.49. The fourth-order valence-electron chi connectivity index (χ4n) is 3.62. The second-order valence-corrected chi connectivity index (χ2v) is 9.72. The minimum atomic E-state index is -1.13. The van der Waals surface area contributed by atoms with E-state index in [-0.39, 0.29) is 19.4 Å². The molecular formula is C25H36N4O7. The average Bonchev–Trinajstić information content (AvgIpc) is 3.30. The Kier molecular flexibility index (Phi) is 10.2. The van der Waals surface area contributed by atoms with E-state index in [4.69, 9.17) is 15.2 Å². The number of ether oxygens (including phenoxy) is 2. The van der Waals surface area contributed by atoms with Crippen molar-refractivity contribution in [2.45, 2.75) is 83.7 Å². The normalized spacial score (nSPS) is 17.0. The molecule has 4 N–H and O–H groups in total. The number of hydrogen-bond acceptors (Lipinski definition) is 7. The first kappa shape index (κ1) is 28.6. The van der Waals surface area contributed by atoms with Gasteiger partial charge in [-0.15, -0.1) is 0 Å². The molecule has 36 heavy (non-hydrogen) atoms. The molecule has 0 aromatic heterocycles. The van der Waals surface area contributed by atoms with Crippen LogP contribution in [-0.2, 0) is 35.3 Å². The molecule has 11 heteroatoms. The number of rotatable bonds is 10. The van der Waals surface area contributed by atoms with Crippen LogP contribution in [0.2, 0.25) is 0 Å². The second-order valence-electron chi connectivity index (χ2n) is 9.72. The lowest BCUT2D eigenvalue weighted by atomic mass is 10.1. The van der Waals surface area contributed by atoms with Crippen LogP contribution in [0.5, 0.6) is 0 Å². The van der Waals surface area contributed by atoms with E-state index < -0.39 is 53.5 Å². The quantitative estimate of drug-likeness (QED) is 0.406. The van der Waals surface area contributed by atoms with Gasteiger partial charge in [0.15, 0.2) is 0 Å². The standard InChI is InChI=1S/C25H36N4O7/c1-16(27-22(32)19-11-8-14-29(19)24(34)36-25(2,3)4)21(31)28-18(12-13-20(26)30)23(33)35-15-17-9-6-5-7-10-17/h5-7,9-10,16,18-19H,8,11-15H2,1-4H3,(H2,26,30)(H,27,32)(H,28,31)/t16-,18-,19-/m0/s1. The molecule has 1 aromatic rings. The van der Waals surface area contributed by atoms with Gasteiger partial charge in [0.05, 0.1) is 0 Å². The first-order valence-corrected chi connectivity index (χ1v) is 12.0. The molecule has 0 unspecified atom stereocenters. The summed E-state index contributed by atoms with van der Waals surface area (Å²) in [5, 5.41) is 5.12. The molecule has 4 amide bonds. The minimum Gasteiger partial charge on any atom is -0.459 e. The number of hydrogen-bond donors (Lipinski definition) is 3. The Balaban J connectivity index is 1.97. The van der Waals surface area contributed by atoms with E-state index in [0.717, 1.165) is 5.56 Å². The van der Waals surface area contributed by atoms with E-state index in [1.54, 1.807) is 45.0 Å². The summed E-state index contributed by atoms with van der Waals surface area (Å²) in [6, 6.07) is 6.08. The van der Waals surface area contributed by atoms with Crippen molar-refractivity contribution in [3.8, 4) is 0 Å². The van der Waals surface area contributed by atoms with Gasteiger partial charge in [-0.25, -0.2) is 9.59 Å². The van der Waals surface area contributed by atoms with E-state index in [1.165, 1.54) is 11.8 Å². The molecule has 0 aliphatic carbocycles. The molecule has 198 valence electrons. The maximum atomic E-state index is 12.8. The Hall–Kier alpha value is -3.63. The van der Waals surface area contributed by atoms with Gasteiger partial charge >= 0.3 is 12.1 Å². The summed E-state index contributed by atoms with van der Waals surface area (Å²) in [4.78, 5) is 63.3. The summed E-state index contributed by atoms with van der Waals surface area (Å²) >= 11 is 0. The van der Waals surface area contributed by atoms with Crippen LogP contribution >= 0.6 is 0 Å². The second kappa shape index (κ2) is 12.9. The molecule has 1 aromatic carbocycles. The molecule has 1 aliphatic heterocycles. The van der Waals surface area contributed by atoms with E-state index in [2.05, 4.69) is 10.6 Å². The zero-order chi connectivity index (χ0) is 26.9. The Morgan fingerprint density at radius 1 is 1.11 bits per heavy atom. The van der Waals surface area contributed by atoms with Crippen molar-refractivity contribution in [1.82, 2.24) is 15.5 Å². The number of likely N-dealkylation sites (tertiary alicyclic amines) is 1. The summed E-state index contributed by atoms with van der Waals surface area (Å²) in [6.45, 7) is 7.04. The summed E-state index contributed by atoms with van der Waals surface area (Å²) < 4.78 is 10.7. The van der Waals surface area contributed by atoms with Gasteiger partial charge in [0.1, 0.15) is 30.3 Å². The van der Waals surface area contributed by atoms with E-state index >= 15 is 0 Å². The molecule has 1 saturated heterocycles. The smallest absolute Gasteiger partial charge is 0.410 e. The van der Waals surface area contributed by atoms with Gasteiger partial charge in [0, 0.05) is 13.0 Å². The Morgan fingerprint density at radius 3 is 2.39 bits per heavy atom. The number of nitrogens with one attached hydrogen (secondary N) is 2. The highest BCUT2D eigenvalue weighted by Gasteiger charge is 2.37. The number of carbonyl (C=O) groups is 5. The molecule has 1 aliphatic rings. The Morgan fingerprint density at radius 2 is 1.78 bits per heavy atom. The lowest BCUT2D eigenvalue weighted by Crippen LogP contribution is -2.54. The van der Waals surface area contributed by atoms with Gasteiger partial charge in [0.25, 0.3) is 0 Å². The summed E-state index contributed by atoms with van der Waals surface area (Å²) in [5.41, 5.74) is 5.26. The largest absolute Gasteiger partial charge is 0.459 e. The van der Waals surface area contributed by atoms with Gasteiger partial charge in [-0.05, 0) is 52.5 Å².